The van der Waals surface area contributed by atoms with Gasteiger partial charge in [0.05, 0.1) is 16.8 Å². The highest BCUT2D eigenvalue weighted by molar-refractivity contribution is 7.92. The van der Waals surface area contributed by atoms with Gasteiger partial charge in [-0.3, -0.25) is 0 Å². The number of hydrogen-bond donors (Lipinski definition) is 1. The molecule has 0 bridgehead atoms. The largest absolute Gasteiger partial charge is 0.392 e. The Kier molecular flexibility index (Phi) is 14.5. The van der Waals surface area contributed by atoms with E-state index in [1.54, 1.807) is 24.3 Å². The van der Waals surface area contributed by atoms with E-state index in [2.05, 4.69) is 39.0 Å². The molecule has 0 aliphatic heterocycles. The molecule has 1 N–H and O–H groups in total. The second-order valence-electron chi connectivity index (χ2n) is 9.85. The van der Waals surface area contributed by atoms with Crippen LogP contribution in [0, 0.1) is 0 Å². The maximum Gasteiger partial charge on any atom is 0.185 e. The fraction of sp³-hybridized carbons (Fsp3) is 0.484. The molecule has 0 fully saturated rings. The molecule has 1 rings (SSSR count). The Morgan fingerprint density at radius 2 is 1.26 bits per heavy atom. The number of allylic oxidation sites excluding steroid dienone is 8. The highest BCUT2D eigenvalue weighted by Gasteiger charge is 2.25. The fourth-order valence-corrected chi connectivity index (χ4v) is 5.67. The fourth-order valence-electron chi connectivity index (χ4n) is 3.89. The Balaban J connectivity index is 2.98. The monoisotopic (exact) mass is 498 g/mol. The van der Waals surface area contributed by atoms with E-state index < -0.39 is 15.1 Å². The summed E-state index contributed by atoms with van der Waals surface area (Å²) in [4.78, 5) is 0.374. The molecule has 0 spiro atoms. The van der Waals surface area contributed by atoms with Gasteiger partial charge in [-0.05, 0) is 98.6 Å². The van der Waals surface area contributed by atoms with Crippen LogP contribution in [-0.2, 0) is 9.84 Å². The number of benzene rings is 1. The van der Waals surface area contributed by atoms with Crippen molar-refractivity contribution in [2.75, 3.05) is 6.61 Å². The van der Waals surface area contributed by atoms with Gasteiger partial charge in [0.25, 0.3) is 0 Å². The van der Waals surface area contributed by atoms with Crippen molar-refractivity contribution in [2.45, 2.75) is 96.6 Å². The molecule has 1 aromatic rings. The Bertz CT molecular complexity index is 1020. The SMILES string of the molecule is CC(C)=CCC/C(C)=C/CC/C(C)=C/C(C/C(C)=C/CC/C(C)=C/CO)S(=O)(=O)c1ccccc1. The predicted molar refractivity (Wildman–Crippen MR) is 151 cm³/mol. The summed E-state index contributed by atoms with van der Waals surface area (Å²) < 4.78 is 27.0. The zero-order chi connectivity index (χ0) is 26.3. The minimum Gasteiger partial charge on any atom is -0.392 e. The molecule has 0 saturated heterocycles. The first-order valence-electron chi connectivity index (χ1n) is 12.7. The first kappa shape index (κ1) is 30.9. The maximum absolute atomic E-state index is 13.5. The summed E-state index contributed by atoms with van der Waals surface area (Å²) >= 11 is 0. The van der Waals surface area contributed by atoms with E-state index in [-0.39, 0.29) is 6.61 Å². The van der Waals surface area contributed by atoms with Crippen molar-refractivity contribution >= 4 is 9.84 Å². The van der Waals surface area contributed by atoms with Crippen LogP contribution in [0.4, 0.5) is 0 Å². The molecule has 1 unspecified atom stereocenters. The topological polar surface area (TPSA) is 54.4 Å². The molecule has 4 heteroatoms. The molecule has 0 amide bonds. The van der Waals surface area contributed by atoms with Crippen molar-refractivity contribution in [3.8, 4) is 0 Å². The smallest absolute Gasteiger partial charge is 0.185 e. The Morgan fingerprint density at radius 1 is 0.743 bits per heavy atom. The maximum atomic E-state index is 13.5. The van der Waals surface area contributed by atoms with Crippen LogP contribution in [0.5, 0.6) is 0 Å². The number of aliphatic hydroxyl groups is 1. The van der Waals surface area contributed by atoms with E-state index in [1.807, 2.05) is 39.0 Å². The Hall–Kier alpha value is -2.17. The number of hydrogen-bond acceptors (Lipinski definition) is 3. The summed E-state index contributed by atoms with van der Waals surface area (Å²) in [6.45, 7) is 12.5. The van der Waals surface area contributed by atoms with Crippen LogP contribution in [0.25, 0.3) is 0 Å². The van der Waals surface area contributed by atoms with Crippen molar-refractivity contribution in [1.82, 2.24) is 0 Å². The van der Waals surface area contributed by atoms with Gasteiger partial charge in [0, 0.05) is 0 Å². The molecule has 194 valence electrons. The van der Waals surface area contributed by atoms with Crippen molar-refractivity contribution in [1.29, 1.82) is 0 Å². The molecular weight excluding hydrogens is 452 g/mol. The van der Waals surface area contributed by atoms with Crippen LogP contribution < -0.4 is 0 Å². The molecule has 0 aliphatic rings. The van der Waals surface area contributed by atoms with Gasteiger partial charge in [-0.1, -0.05) is 76.4 Å². The number of rotatable bonds is 15. The van der Waals surface area contributed by atoms with E-state index in [0.29, 0.717) is 11.3 Å². The molecule has 3 nitrogen and oxygen atoms in total. The van der Waals surface area contributed by atoms with E-state index in [0.717, 1.165) is 55.2 Å². The third kappa shape index (κ3) is 12.9. The minimum atomic E-state index is -3.49. The average molecular weight is 499 g/mol. The first-order chi connectivity index (χ1) is 16.6. The van der Waals surface area contributed by atoms with Gasteiger partial charge in [-0.15, -0.1) is 0 Å². The van der Waals surface area contributed by atoms with Gasteiger partial charge in [0.1, 0.15) is 0 Å². The lowest BCUT2D eigenvalue weighted by molar-refractivity contribution is 0.341. The number of aliphatic hydroxyl groups excluding tert-OH is 1. The Labute approximate surface area is 215 Å². The highest BCUT2D eigenvalue weighted by atomic mass is 32.2. The lowest BCUT2D eigenvalue weighted by Gasteiger charge is -2.16. The first-order valence-corrected chi connectivity index (χ1v) is 14.3. The molecule has 0 saturated carbocycles. The standard InChI is InChI=1S/C31H46O3S/c1-25(2)13-10-14-26(3)15-11-17-28(5)23-31(35(33,34)30-19-8-7-9-20-30)24-29(6)18-12-16-27(4)21-22-32/h7-9,13,15,18-21,23,31-32H,10-12,14,16-17,22,24H2,1-6H3/b26-15+,27-21+,28-23+,29-18+. The van der Waals surface area contributed by atoms with Gasteiger partial charge in [-0.2, -0.15) is 0 Å². The predicted octanol–water partition coefficient (Wildman–Crippen LogP) is 8.30. The second kappa shape index (κ2) is 16.5. The van der Waals surface area contributed by atoms with E-state index >= 15 is 0 Å². The highest BCUT2D eigenvalue weighted by Crippen LogP contribution is 2.25. The summed E-state index contributed by atoms with van der Waals surface area (Å²) in [5, 5.41) is 8.44. The van der Waals surface area contributed by atoms with Crippen LogP contribution >= 0.6 is 0 Å². The van der Waals surface area contributed by atoms with Gasteiger partial charge < -0.3 is 5.11 Å². The van der Waals surface area contributed by atoms with Crippen LogP contribution in [0.3, 0.4) is 0 Å². The third-order valence-electron chi connectivity index (χ3n) is 6.06. The molecule has 0 radical (unpaired) electrons. The summed E-state index contributed by atoms with van der Waals surface area (Å²) in [6.07, 6.45) is 16.5. The van der Waals surface area contributed by atoms with Crippen molar-refractivity contribution in [3.63, 3.8) is 0 Å². The summed E-state index contributed by atoms with van der Waals surface area (Å²) in [5.41, 5.74) is 6.06. The normalized spacial score (nSPS) is 14.7. The zero-order valence-electron chi connectivity index (χ0n) is 22.7. The lowest BCUT2D eigenvalue weighted by Crippen LogP contribution is -2.20. The molecule has 1 atom stereocenters. The van der Waals surface area contributed by atoms with Crippen LogP contribution in [0.15, 0.2) is 93.5 Å². The molecule has 1 aromatic carbocycles. The molecule has 0 aromatic heterocycles. The average Bonchev–Trinajstić information content (AvgIpc) is 2.79. The minimum absolute atomic E-state index is 0.0557. The number of sulfone groups is 1. The van der Waals surface area contributed by atoms with Gasteiger partial charge in [0.2, 0.25) is 0 Å². The van der Waals surface area contributed by atoms with Crippen LogP contribution in [0.1, 0.15) is 86.5 Å². The van der Waals surface area contributed by atoms with E-state index in [9.17, 15) is 8.42 Å². The quantitative estimate of drug-likeness (QED) is 0.247. The van der Waals surface area contributed by atoms with Crippen LogP contribution in [0.2, 0.25) is 0 Å². The van der Waals surface area contributed by atoms with E-state index in [1.165, 1.54) is 11.1 Å². The molecular formula is C31H46O3S. The van der Waals surface area contributed by atoms with Gasteiger partial charge in [-0.25, -0.2) is 8.42 Å². The molecule has 0 heterocycles. The van der Waals surface area contributed by atoms with Gasteiger partial charge in [0.15, 0.2) is 9.84 Å². The molecule has 35 heavy (non-hydrogen) atoms. The van der Waals surface area contributed by atoms with Crippen molar-refractivity contribution in [2.24, 2.45) is 0 Å². The van der Waals surface area contributed by atoms with Crippen molar-refractivity contribution in [3.05, 3.63) is 88.6 Å². The summed E-state index contributed by atoms with van der Waals surface area (Å²) in [7, 11) is -3.49. The summed E-state index contributed by atoms with van der Waals surface area (Å²) in [6, 6.07) is 8.78. The zero-order valence-corrected chi connectivity index (χ0v) is 23.5. The second-order valence-corrected chi connectivity index (χ2v) is 12.0. The molecule has 0 aliphatic carbocycles. The summed E-state index contributed by atoms with van der Waals surface area (Å²) in [5.74, 6) is 0. The van der Waals surface area contributed by atoms with Crippen LogP contribution in [-0.4, -0.2) is 25.4 Å². The Morgan fingerprint density at radius 3 is 1.83 bits per heavy atom. The third-order valence-corrected chi connectivity index (χ3v) is 8.09. The van der Waals surface area contributed by atoms with Crippen molar-refractivity contribution < 1.29 is 13.5 Å². The van der Waals surface area contributed by atoms with Gasteiger partial charge >= 0.3 is 0 Å². The van der Waals surface area contributed by atoms with E-state index in [4.69, 9.17) is 5.11 Å². The lowest BCUT2D eigenvalue weighted by atomic mass is 10.0.